The zero-order chi connectivity index (χ0) is 15.6. The van der Waals surface area contributed by atoms with Crippen LogP contribution in [0.4, 0.5) is 0 Å². The Balaban J connectivity index is 1.63. The first-order chi connectivity index (χ1) is 10.8. The van der Waals surface area contributed by atoms with E-state index >= 15 is 0 Å². The van der Waals surface area contributed by atoms with Gasteiger partial charge in [-0.15, -0.1) is 0 Å². The van der Waals surface area contributed by atoms with Crippen LogP contribution < -0.4 is 0 Å². The summed E-state index contributed by atoms with van der Waals surface area (Å²) in [5.41, 5.74) is 2.19. The van der Waals surface area contributed by atoms with Crippen molar-refractivity contribution in [3.63, 3.8) is 0 Å². The van der Waals surface area contributed by atoms with Crippen molar-refractivity contribution in [2.75, 3.05) is 19.6 Å². The summed E-state index contributed by atoms with van der Waals surface area (Å²) >= 11 is 0. The summed E-state index contributed by atoms with van der Waals surface area (Å²) in [5.74, 6) is 0.311. The summed E-state index contributed by atoms with van der Waals surface area (Å²) in [4.78, 5) is 14.8. The molecule has 1 radical (unpaired) electrons. The molecule has 1 saturated heterocycles. The molecule has 121 valence electrons. The summed E-state index contributed by atoms with van der Waals surface area (Å²) in [7, 11) is 0. The minimum Gasteiger partial charge on any atom is -0.303 e. The van der Waals surface area contributed by atoms with Gasteiger partial charge in [0.2, 0.25) is 0 Å². The number of ketones is 1. The number of rotatable bonds is 9. The molecule has 0 atom stereocenters. The van der Waals surface area contributed by atoms with Crippen LogP contribution in [0.2, 0.25) is 0 Å². The monoisotopic (exact) mass is 300 g/mol. The molecule has 1 aliphatic heterocycles. The van der Waals surface area contributed by atoms with Gasteiger partial charge in [0.1, 0.15) is 0 Å². The van der Waals surface area contributed by atoms with Crippen LogP contribution in [0.25, 0.3) is 0 Å². The van der Waals surface area contributed by atoms with Gasteiger partial charge < -0.3 is 4.90 Å². The third-order valence-corrected chi connectivity index (χ3v) is 4.46. The smallest absolute Gasteiger partial charge is 0.162 e. The summed E-state index contributed by atoms with van der Waals surface area (Å²) in [6, 6.07) is 8.18. The molecule has 2 rings (SSSR count). The fourth-order valence-electron chi connectivity index (χ4n) is 3.16. The molecule has 2 heteroatoms. The average molecular weight is 300 g/mol. The Morgan fingerprint density at radius 1 is 1.14 bits per heavy atom. The molecule has 22 heavy (non-hydrogen) atoms. The molecule has 0 amide bonds. The second-order valence-electron chi connectivity index (χ2n) is 6.39. The van der Waals surface area contributed by atoms with Crippen molar-refractivity contribution in [2.24, 2.45) is 0 Å². The van der Waals surface area contributed by atoms with Crippen LogP contribution in [0, 0.1) is 6.42 Å². The molecule has 1 aliphatic rings. The van der Waals surface area contributed by atoms with E-state index in [1.165, 1.54) is 50.9 Å². The Labute approximate surface area is 135 Å². The Hall–Kier alpha value is -1.15. The summed E-state index contributed by atoms with van der Waals surface area (Å²) in [6.07, 6.45) is 11.2. The molecule has 1 aromatic rings. The van der Waals surface area contributed by atoms with Crippen molar-refractivity contribution in [1.82, 2.24) is 4.90 Å². The van der Waals surface area contributed by atoms with Gasteiger partial charge in [0, 0.05) is 12.0 Å². The van der Waals surface area contributed by atoms with Gasteiger partial charge in [-0.1, -0.05) is 38.0 Å². The molecular formula is C20H30NO. The number of carbonyl (C=O) groups is 1. The predicted octanol–water partition coefficient (Wildman–Crippen LogP) is 4.68. The van der Waals surface area contributed by atoms with E-state index in [0.29, 0.717) is 12.2 Å². The third kappa shape index (κ3) is 5.92. The van der Waals surface area contributed by atoms with E-state index in [4.69, 9.17) is 0 Å². The molecule has 2 nitrogen and oxygen atoms in total. The van der Waals surface area contributed by atoms with Crippen molar-refractivity contribution in [1.29, 1.82) is 0 Å². The van der Waals surface area contributed by atoms with Gasteiger partial charge in [0.15, 0.2) is 5.78 Å². The molecule has 1 heterocycles. The van der Waals surface area contributed by atoms with Crippen molar-refractivity contribution >= 4 is 5.78 Å². The van der Waals surface area contributed by atoms with E-state index in [9.17, 15) is 4.79 Å². The highest BCUT2D eigenvalue weighted by atomic mass is 16.1. The second-order valence-corrected chi connectivity index (χ2v) is 6.39. The summed E-state index contributed by atoms with van der Waals surface area (Å²) in [5, 5.41) is 0. The highest BCUT2D eigenvalue weighted by Gasteiger charge is 2.10. The largest absolute Gasteiger partial charge is 0.303 e. The van der Waals surface area contributed by atoms with Crippen LogP contribution in [-0.2, 0) is 6.42 Å². The van der Waals surface area contributed by atoms with Gasteiger partial charge in [-0.25, -0.2) is 0 Å². The first-order valence-electron chi connectivity index (χ1n) is 8.95. The molecule has 0 aromatic heterocycles. The fraction of sp³-hybridized carbons (Fsp3) is 0.600. The van der Waals surface area contributed by atoms with Gasteiger partial charge in [0.25, 0.3) is 0 Å². The van der Waals surface area contributed by atoms with Gasteiger partial charge >= 0.3 is 0 Å². The third-order valence-electron chi connectivity index (χ3n) is 4.46. The standard InChI is InChI=1S/C20H30NO/c1-2-10-18-11-9-12-19(17-18)20(22)13-5-3-6-14-21-15-7-4-8-16-21/h4,9,11-12,17H,2-3,5-8,10,13-16H2,1H3. The molecule has 0 spiro atoms. The molecule has 0 aliphatic carbocycles. The lowest BCUT2D eigenvalue weighted by molar-refractivity contribution is 0.0978. The summed E-state index contributed by atoms with van der Waals surface area (Å²) < 4.78 is 0. The SMILES string of the molecule is CCCc1cccc(C(=O)CCCCCN2CC[CH]CC2)c1. The van der Waals surface area contributed by atoms with Gasteiger partial charge in [-0.2, -0.15) is 0 Å². The lowest BCUT2D eigenvalue weighted by Gasteiger charge is -2.26. The number of hydrogen-bond acceptors (Lipinski definition) is 2. The van der Waals surface area contributed by atoms with E-state index in [0.717, 1.165) is 24.8 Å². The maximum Gasteiger partial charge on any atom is 0.162 e. The highest BCUT2D eigenvalue weighted by Crippen LogP contribution is 2.13. The Morgan fingerprint density at radius 2 is 1.95 bits per heavy atom. The first kappa shape index (κ1) is 17.2. The van der Waals surface area contributed by atoms with Crippen LogP contribution in [-0.4, -0.2) is 30.3 Å². The molecule has 0 N–H and O–H groups in total. The minimum absolute atomic E-state index is 0.311. The van der Waals surface area contributed by atoms with E-state index in [2.05, 4.69) is 30.4 Å². The minimum atomic E-state index is 0.311. The van der Waals surface area contributed by atoms with Crippen LogP contribution in [0.15, 0.2) is 24.3 Å². The topological polar surface area (TPSA) is 20.3 Å². The van der Waals surface area contributed by atoms with Crippen molar-refractivity contribution in [2.45, 2.75) is 58.3 Å². The number of piperidine rings is 1. The second kappa shape index (κ2) is 9.78. The van der Waals surface area contributed by atoms with E-state index < -0.39 is 0 Å². The van der Waals surface area contributed by atoms with E-state index in [-0.39, 0.29) is 0 Å². The van der Waals surface area contributed by atoms with E-state index in [1.54, 1.807) is 0 Å². The van der Waals surface area contributed by atoms with Crippen LogP contribution >= 0.6 is 0 Å². The average Bonchev–Trinajstić information content (AvgIpc) is 2.56. The number of carbonyl (C=O) groups excluding carboxylic acids is 1. The molecule has 1 fully saturated rings. The quantitative estimate of drug-likeness (QED) is 0.487. The maximum absolute atomic E-state index is 12.3. The number of nitrogens with zero attached hydrogens (tertiary/aromatic N) is 1. The van der Waals surface area contributed by atoms with Crippen molar-refractivity contribution in [3.8, 4) is 0 Å². The molecular weight excluding hydrogens is 270 g/mol. The number of benzene rings is 1. The lowest BCUT2D eigenvalue weighted by atomic mass is 10.0. The molecule has 1 aromatic carbocycles. The van der Waals surface area contributed by atoms with Gasteiger partial charge in [-0.05, 0) is 69.8 Å². The fourth-order valence-corrected chi connectivity index (χ4v) is 3.16. The van der Waals surface area contributed by atoms with Crippen molar-refractivity contribution < 1.29 is 4.79 Å². The van der Waals surface area contributed by atoms with Gasteiger partial charge in [-0.3, -0.25) is 4.79 Å². The molecule has 0 bridgehead atoms. The first-order valence-corrected chi connectivity index (χ1v) is 8.95. The van der Waals surface area contributed by atoms with E-state index in [1.807, 2.05) is 12.1 Å². The lowest BCUT2D eigenvalue weighted by Crippen LogP contribution is -2.30. The maximum atomic E-state index is 12.3. The number of unbranched alkanes of at least 4 members (excludes halogenated alkanes) is 2. The predicted molar refractivity (Wildman–Crippen MR) is 93.2 cm³/mol. The van der Waals surface area contributed by atoms with Crippen LogP contribution in [0.3, 0.4) is 0 Å². The number of hydrogen-bond donors (Lipinski definition) is 0. The number of likely N-dealkylation sites (tertiary alicyclic amines) is 1. The highest BCUT2D eigenvalue weighted by molar-refractivity contribution is 5.96. The van der Waals surface area contributed by atoms with Crippen LogP contribution in [0.1, 0.15) is 67.8 Å². The zero-order valence-corrected chi connectivity index (χ0v) is 14.0. The van der Waals surface area contributed by atoms with Gasteiger partial charge in [0.05, 0.1) is 0 Å². The number of Topliss-reactive ketones (excluding diaryl/α,β-unsaturated/α-hetero) is 1. The Bertz CT molecular complexity index is 449. The number of aryl methyl sites for hydroxylation is 1. The van der Waals surface area contributed by atoms with Crippen LogP contribution in [0.5, 0.6) is 0 Å². The normalized spacial score (nSPS) is 15.9. The Kier molecular flexibility index (Phi) is 7.65. The molecule has 0 unspecified atom stereocenters. The molecule has 0 saturated carbocycles. The van der Waals surface area contributed by atoms with Crippen molar-refractivity contribution in [3.05, 3.63) is 41.8 Å². The summed E-state index contributed by atoms with van der Waals surface area (Å²) in [6.45, 7) is 5.83. The Morgan fingerprint density at radius 3 is 2.73 bits per heavy atom. The zero-order valence-electron chi connectivity index (χ0n) is 14.0.